The van der Waals surface area contributed by atoms with Crippen molar-refractivity contribution >= 4 is 0 Å². The van der Waals surface area contributed by atoms with Crippen molar-refractivity contribution in [1.29, 1.82) is 0 Å². The molecule has 0 aromatic rings. The molecule has 1 aliphatic carbocycles. The minimum Gasteiger partial charge on any atom is -0.235 e. The fourth-order valence-corrected chi connectivity index (χ4v) is 0.510. The first-order valence-corrected chi connectivity index (χ1v) is 2.20. The van der Waals surface area contributed by atoms with Gasteiger partial charge in [0.05, 0.1) is 0 Å². The number of allylic oxidation sites excluding steroid dienone is 4. The average Bonchev–Trinajstić information content (AvgIpc) is 1.98. The molecule has 0 N–H and O–H groups in total. The van der Waals surface area contributed by atoms with E-state index in [1.165, 1.54) is 0 Å². The molecule has 0 saturated heterocycles. The van der Waals surface area contributed by atoms with Crippen molar-refractivity contribution in [3.05, 3.63) is 23.6 Å². The highest BCUT2D eigenvalue weighted by Crippen LogP contribution is 2.30. The van der Waals surface area contributed by atoms with Gasteiger partial charge in [0, 0.05) is 0 Å². The standard InChI is InChI=1S/C5H2F4/c6-2-1-3(7)5(9)4(2)8/h1-2H. The number of halogens is 4. The molecule has 0 aromatic heterocycles. The Balaban J connectivity index is 2.97. The average molecular weight is 138 g/mol. The van der Waals surface area contributed by atoms with Crippen LogP contribution < -0.4 is 0 Å². The van der Waals surface area contributed by atoms with E-state index in [1.54, 1.807) is 0 Å². The van der Waals surface area contributed by atoms with E-state index in [9.17, 15) is 17.6 Å². The molecule has 0 heterocycles. The Kier molecular flexibility index (Phi) is 1.31. The van der Waals surface area contributed by atoms with Gasteiger partial charge in [-0.15, -0.1) is 0 Å². The highest BCUT2D eigenvalue weighted by molar-refractivity contribution is 5.34. The van der Waals surface area contributed by atoms with Crippen LogP contribution in [0, 0.1) is 0 Å². The Morgan fingerprint density at radius 2 is 1.78 bits per heavy atom. The van der Waals surface area contributed by atoms with Crippen LogP contribution in [0.3, 0.4) is 0 Å². The summed E-state index contributed by atoms with van der Waals surface area (Å²) in [5, 5.41) is 0. The number of alkyl halides is 1. The monoisotopic (exact) mass is 138 g/mol. The third kappa shape index (κ3) is 0.843. The summed E-state index contributed by atoms with van der Waals surface area (Å²) in [5.41, 5.74) is 0. The predicted octanol–water partition coefficient (Wildman–Crippen LogP) is 2.34. The molecule has 1 rings (SSSR count). The van der Waals surface area contributed by atoms with Gasteiger partial charge in [-0.2, -0.15) is 0 Å². The van der Waals surface area contributed by atoms with Crippen LogP contribution in [0.1, 0.15) is 0 Å². The van der Waals surface area contributed by atoms with E-state index in [2.05, 4.69) is 0 Å². The molecule has 0 fully saturated rings. The Morgan fingerprint density at radius 1 is 1.22 bits per heavy atom. The van der Waals surface area contributed by atoms with Gasteiger partial charge < -0.3 is 0 Å². The van der Waals surface area contributed by atoms with Gasteiger partial charge in [-0.3, -0.25) is 0 Å². The molecular formula is C5H2F4. The Bertz CT molecular complexity index is 191. The fourth-order valence-electron chi connectivity index (χ4n) is 0.510. The number of rotatable bonds is 0. The molecule has 0 saturated carbocycles. The van der Waals surface area contributed by atoms with E-state index in [4.69, 9.17) is 0 Å². The molecule has 0 aliphatic heterocycles. The van der Waals surface area contributed by atoms with E-state index < -0.39 is 23.7 Å². The first-order chi connectivity index (χ1) is 4.13. The molecule has 0 nitrogen and oxygen atoms in total. The van der Waals surface area contributed by atoms with Gasteiger partial charge in [0.15, 0.2) is 23.7 Å². The molecule has 50 valence electrons. The molecule has 1 atom stereocenters. The predicted molar refractivity (Wildman–Crippen MR) is 23.3 cm³/mol. The van der Waals surface area contributed by atoms with Gasteiger partial charge in [0.2, 0.25) is 0 Å². The molecule has 1 aliphatic rings. The topological polar surface area (TPSA) is 0 Å². The smallest absolute Gasteiger partial charge is 0.193 e. The third-order valence-corrected chi connectivity index (χ3v) is 0.954. The van der Waals surface area contributed by atoms with Crippen molar-refractivity contribution in [3.63, 3.8) is 0 Å². The number of hydrogen-bond donors (Lipinski definition) is 0. The zero-order chi connectivity index (χ0) is 7.02. The van der Waals surface area contributed by atoms with Gasteiger partial charge in [-0.05, 0) is 6.08 Å². The van der Waals surface area contributed by atoms with E-state index in [-0.39, 0.29) is 6.08 Å². The molecule has 1 unspecified atom stereocenters. The summed E-state index contributed by atoms with van der Waals surface area (Å²) in [5.74, 6) is -4.85. The van der Waals surface area contributed by atoms with E-state index in [0.29, 0.717) is 0 Å². The Morgan fingerprint density at radius 3 is 1.89 bits per heavy atom. The van der Waals surface area contributed by atoms with Crippen molar-refractivity contribution in [2.45, 2.75) is 6.17 Å². The second-order valence-corrected chi connectivity index (χ2v) is 1.58. The summed E-state index contributed by atoms with van der Waals surface area (Å²) in [6.07, 6.45) is -1.99. The van der Waals surface area contributed by atoms with Gasteiger partial charge in [-0.1, -0.05) is 0 Å². The van der Waals surface area contributed by atoms with E-state index >= 15 is 0 Å². The van der Waals surface area contributed by atoms with E-state index in [1.807, 2.05) is 0 Å². The van der Waals surface area contributed by atoms with Crippen molar-refractivity contribution in [2.75, 3.05) is 0 Å². The van der Waals surface area contributed by atoms with Crippen LogP contribution in [0.5, 0.6) is 0 Å². The Labute approximate surface area is 48.5 Å². The van der Waals surface area contributed by atoms with Crippen LogP contribution >= 0.6 is 0 Å². The highest BCUT2D eigenvalue weighted by atomic mass is 19.2. The molecule has 0 bridgehead atoms. The molecular weight excluding hydrogens is 136 g/mol. The summed E-state index contributed by atoms with van der Waals surface area (Å²) >= 11 is 0. The lowest BCUT2D eigenvalue weighted by Crippen LogP contribution is -1.89. The van der Waals surface area contributed by atoms with Gasteiger partial charge in [-0.25, -0.2) is 17.6 Å². The van der Waals surface area contributed by atoms with E-state index in [0.717, 1.165) is 0 Å². The summed E-state index contributed by atoms with van der Waals surface area (Å²) in [4.78, 5) is 0. The summed E-state index contributed by atoms with van der Waals surface area (Å²) < 4.78 is 47.2. The SMILES string of the molecule is FC1=CC(F)C(F)=C1F. The summed E-state index contributed by atoms with van der Waals surface area (Å²) in [6, 6.07) is 0. The molecule has 9 heavy (non-hydrogen) atoms. The first kappa shape index (κ1) is 6.32. The summed E-state index contributed by atoms with van der Waals surface area (Å²) in [7, 11) is 0. The second kappa shape index (κ2) is 1.86. The lowest BCUT2D eigenvalue weighted by atomic mass is 10.4. The molecule has 0 amide bonds. The zero-order valence-electron chi connectivity index (χ0n) is 4.17. The summed E-state index contributed by atoms with van der Waals surface area (Å²) in [6.45, 7) is 0. The van der Waals surface area contributed by atoms with Crippen LogP contribution in [0.15, 0.2) is 23.6 Å². The Hall–Kier alpha value is -0.800. The largest absolute Gasteiger partial charge is 0.235 e. The van der Waals surface area contributed by atoms with Crippen molar-refractivity contribution < 1.29 is 17.6 Å². The highest BCUT2D eigenvalue weighted by Gasteiger charge is 2.27. The fraction of sp³-hybridized carbons (Fsp3) is 0.200. The maximum Gasteiger partial charge on any atom is 0.193 e. The zero-order valence-corrected chi connectivity index (χ0v) is 4.17. The molecule has 0 spiro atoms. The molecule has 4 heteroatoms. The lowest BCUT2D eigenvalue weighted by Gasteiger charge is -1.87. The minimum atomic E-state index is -2.23. The van der Waals surface area contributed by atoms with Crippen LogP contribution in [-0.4, -0.2) is 6.17 Å². The third-order valence-electron chi connectivity index (χ3n) is 0.954. The number of hydrogen-bond acceptors (Lipinski definition) is 0. The second-order valence-electron chi connectivity index (χ2n) is 1.58. The van der Waals surface area contributed by atoms with Crippen LogP contribution in [-0.2, 0) is 0 Å². The van der Waals surface area contributed by atoms with Crippen molar-refractivity contribution in [2.24, 2.45) is 0 Å². The van der Waals surface area contributed by atoms with Gasteiger partial charge >= 0.3 is 0 Å². The van der Waals surface area contributed by atoms with Gasteiger partial charge in [0.1, 0.15) is 0 Å². The van der Waals surface area contributed by atoms with Crippen molar-refractivity contribution in [3.8, 4) is 0 Å². The molecule has 0 radical (unpaired) electrons. The normalized spacial score (nSPS) is 27.1. The quantitative estimate of drug-likeness (QED) is 0.450. The maximum absolute atomic E-state index is 11.8. The van der Waals surface area contributed by atoms with Gasteiger partial charge in [0.25, 0.3) is 0 Å². The minimum absolute atomic E-state index is 0.241. The van der Waals surface area contributed by atoms with Crippen LogP contribution in [0.25, 0.3) is 0 Å². The van der Waals surface area contributed by atoms with Crippen molar-refractivity contribution in [1.82, 2.24) is 0 Å². The lowest BCUT2D eigenvalue weighted by molar-refractivity contribution is 0.376. The van der Waals surface area contributed by atoms with Crippen LogP contribution in [0.4, 0.5) is 17.6 Å². The first-order valence-electron chi connectivity index (χ1n) is 2.20. The van der Waals surface area contributed by atoms with Crippen LogP contribution in [0.2, 0.25) is 0 Å². The molecule has 0 aromatic carbocycles. The maximum atomic E-state index is 11.8.